The van der Waals surface area contributed by atoms with E-state index in [4.69, 9.17) is 10.5 Å². The fourth-order valence-corrected chi connectivity index (χ4v) is 5.95. The number of nitrogens with one attached hydrogen (secondary N) is 1. The molecule has 3 N–H and O–H groups in total. The molecule has 1 saturated heterocycles. The number of benzene rings is 1. The Morgan fingerprint density at radius 1 is 1.28 bits per heavy atom. The van der Waals surface area contributed by atoms with Gasteiger partial charge in [-0.2, -0.15) is 0 Å². The molecule has 0 unspecified atom stereocenters. The molecule has 1 fully saturated rings. The lowest BCUT2D eigenvalue weighted by molar-refractivity contribution is 0.321. The fraction of sp³-hybridized carbons (Fsp3) is 0.360. The van der Waals surface area contributed by atoms with Crippen LogP contribution < -0.4 is 10.5 Å². The van der Waals surface area contributed by atoms with Gasteiger partial charge in [-0.25, -0.2) is 26.5 Å². The molecule has 0 radical (unpaired) electrons. The zero-order valence-electron chi connectivity index (χ0n) is 20.2. The van der Waals surface area contributed by atoms with Crippen molar-refractivity contribution < 1.29 is 21.9 Å². The molecule has 0 bridgehead atoms. The lowest BCUT2D eigenvalue weighted by Gasteiger charge is -2.29. The second kappa shape index (κ2) is 10.8. The Morgan fingerprint density at radius 2 is 2.03 bits per heavy atom. The number of H-pyrrole nitrogens is 1. The van der Waals surface area contributed by atoms with Gasteiger partial charge in [-0.15, -0.1) is 0 Å². The van der Waals surface area contributed by atoms with E-state index in [0.29, 0.717) is 60.1 Å². The van der Waals surface area contributed by atoms with Gasteiger partial charge in [0.05, 0.1) is 18.9 Å². The molecule has 11 heteroatoms. The topological polar surface area (TPSA) is 114 Å². The molecule has 3 aromatic rings. The molecule has 36 heavy (non-hydrogen) atoms. The Bertz CT molecular complexity index is 1410. The summed E-state index contributed by atoms with van der Waals surface area (Å²) >= 11 is 0. The number of halogens is 2. The molecule has 3 heterocycles. The van der Waals surface area contributed by atoms with Crippen molar-refractivity contribution in [1.29, 1.82) is 0 Å². The van der Waals surface area contributed by atoms with Crippen LogP contribution in [-0.4, -0.2) is 60.9 Å². The zero-order valence-corrected chi connectivity index (χ0v) is 21.0. The van der Waals surface area contributed by atoms with Crippen LogP contribution in [0.1, 0.15) is 31.7 Å². The Labute approximate surface area is 208 Å². The molecule has 0 saturated carbocycles. The molecule has 0 spiro atoms. The monoisotopic (exact) mass is 517 g/mol. The smallest absolute Gasteiger partial charge is 0.214 e. The van der Waals surface area contributed by atoms with E-state index in [1.807, 2.05) is 13.0 Å². The van der Waals surface area contributed by atoms with Crippen molar-refractivity contribution in [3.05, 3.63) is 54.0 Å². The second-order valence-electron chi connectivity index (χ2n) is 8.64. The van der Waals surface area contributed by atoms with E-state index in [1.54, 1.807) is 18.6 Å². The standard InChI is InChI=1S/C25H29F2N5O3S/c1-3-8-36(33,34)32-6-4-19(5-7-32)29-14-17(12-28)16-9-21-22(15-31-25(21)30-13-16)20-10-18(26)11-23(27)24(20)35-2/h9-15,19H,3-8,28H2,1-2H3,(H,30,31). The number of piperidine rings is 1. The number of methoxy groups -OCH3 is 1. The Hall–Kier alpha value is -3.31. The lowest BCUT2D eigenvalue weighted by Crippen LogP contribution is -2.40. The molecule has 2 aromatic heterocycles. The summed E-state index contributed by atoms with van der Waals surface area (Å²) in [5.74, 6) is -1.42. The number of rotatable bonds is 8. The number of nitrogens with two attached hydrogens (primary N) is 1. The molecule has 8 nitrogen and oxygen atoms in total. The molecular weight excluding hydrogens is 488 g/mol. The van der Waals surface area contributed by atoms with Crippen LogP contribution in [0.2, 0.25) is 0 Å². The Kier molecular flexibility index (Phi) is 7.70. The summed E-state index contributed by atoms with van der Waals surface area (Å²) in [4.78, 5) is 12.1. The summed E-state index contributed by atoms with van der Waals surface area (Å²) < 4.78 is 59.6. The van der Waals surface area contributed by atoms with E-state index in [2.05, 4.69) is 15.0 Å². The Morgan fingerprint density at radius 3 is 2.69 bits per heavy atom. The van der Waals surface area contributed by atoms with Gasteiger partial charge < -0.3 is 15.5 Å². The third-order valence-electron chi connectivity index (χ3n) is 6.25. The SMILES string of the molecule is CCCS(=O)(=O)N1CCC(N=CC(=CN)c2cnc3[nH]cc(-c4cc(F)cc(F)c4OC)c3c2)CC1. The first-order valence-corrected chi connectivity index (χ1v) is 13.3. The quantitative estimate of drug-likeness (QED) is 0.437. The molecule has 0 atom stereocenters. The van der Waals surface area contributed by atoms with E-state index in [-0.39, 0.29) is 23.1 Å². The van der Waals surface area contributed by atoms with Gasteiger partial charge in [0.1, 0.15) is 11.5 Å². The van der Waals surface area contributed by atoms with Crippen LogP contribution in [-0.2, 0) is 10.0 Å². The first kappa shape index (κ1) is 25.8. The first-order valence-electron chi connectivity index (χ1n) is 11.7. The second-order valence-corrected chi connectivity index (χ2v) is 10.7. The summed E-state index contributed by atoms with van der Waals surface area (Å²) in [6, 6.07) is 3.79. The molecule has 0 amide bonds. The number of allylic oxidation sites excluding steroid dienone is 1. The van der Waals surface area contributed by atoms with Crippen molar-refractivity contribution in [1.82, 2.24) is 14.3 Å². The van der Waals surface area contributed by atoms with E-state index < -0.39 is 21.7 Å². The third kappa shape index (κ3) is 5.26. The van der Waals surface area contributed by atoms with Crippen LogP contribution in [0.25, 0.3) is 27.7 Å². The average Bonchev–Trinajstić information content (AvgIpc) is 3.27. The zero-order chi connectivity index (χ0) is 25.9. The van der Waals surface area contributed by atoms with Gasteiger partial charge in [0.15, 0.2) is 11.6 Å². The highest BCUT2D eigenvalue weighted by atomic mass is 32.2. The van der Waals surface area contributed by atoms with Gasteiger partial charge in [-0.05, 0) is 31.4 Å². The van der Waals surface area contributed by atoms with Crippen molar-refractivity contribution in [2.24, 2.45) is 10.7 Å². The number of nitrogens with zero attached hydrogens (tertiary/aromatic N) is 3. The highest BCUT2D eigenvalue weighted by Gasteiger charge is 2.27. The molecular formula is C25H29F2N5O3S. The number of ether oxygens (including phenoxy) is 1. The molecule has 0 aliphatic carbocycles. The van der Waals surface area contributed by atoms with Gasteiger partial charge in [-0.3, -0.25) is 4.99 Å². The molecule has 1 aliphatic rings. The number of hydrogen-bond acceptors (Lipinski definition) is 6. The number of aromatic amines is 1. The highest BCUT2D eigenvalue weighted by molar-refractivity contribution is 7.89. The largest absolute Gasteiger partial charge is 0.493 e. The Balaban J connectivity index is 1.57. The van der Waals surface area contributed by atoms with Crippen LogP contribution in [0.15, 0.2) is 41.8 Å². The normalized spacial score (nSPS) is 16.3. The van der Waals surface area contributed by atoms with Gasteiger partial charge in [0.25, 0.3) is 0 Å². The van der Waals surface area contributed by atoms with Crippen LogP contribution >= 0.6 is 0 Å². The number of fused-ring (bicyclic) bond motifs is 1. The minimum Gasteiger partial charge on any atom is -0.493 e. The summed E-state index contributed by atoms with van der Waals surface area (Å²) in [6.45, 7) is 2.74. The minimum absolute atomic E-state index is 0.0212. The number of aromatic nitrogens is 2. The predicted octanol–water partition coefficient (Wildman–Crippen LogP) is 4.09. The van der Waals surface area contributed by atoms with Crippen LogP contribution in [0.5, 0.6) is 5.75 Å². The van der Waals surface area contributed by atoms with E-state index in [1.165, 1.54) is 23.7 Å². The van der Waals surface area contributed by atoms with Gasteiger partial charge in [0.2, 0.25) is 10.0 Å². The van der Waals surface area contributed by atoms with E-state index in [0.717, 1.165) is 6.07 Å². The maximum Gasteiger partial charge on any atom is 0.214 e. The van der Waals surface area contributed by atoms with Crippen LogP contribution in [0.3, 0.4) is 0 Å². The summed E-state index contributed by atoms with van der Waals surface area (Å²) in [5, 5.41) is 0.637. The number of hydrogen-bond donors (Lipinski definition) is 2. The molecule has 1 aromatic carbocycles. The summed E-state index contributed by atoms with van der Waals surface area (Å²) in [5.41, 5.74) is 8.51. The number of aliphatic imine (C=N–C) groups is 1. The number of sulfonamides is 1. The predicted molar refractivity (Wildman–Crippen MR) is 137 cm³/mol. The molecule has 192 valence electrons. The summed E-state index contributed by atoms with van der Waals surface area (Å²) in [6.07, 6.45) is 8.19. The van der Waals surface area contributed by atoms with Crippen molar-refractivity contribution >= 4 is 32.8 Å². The van der Waals surface area contributed by atoms with E-state index in [9.17, 15) is 17.2 Å². The van der Waals surface area contributed by atoms with Gasteiger partial charge >= 0.3 is 0 Å². The maximum atomic E-state index is 14.3. The minimum atomic E-state index is -3.21. The average molecular weight is 518 g/mol. The van der Waals surface area contributed by atoms with Crippen molar-refractivity contribution in [3.8, 4) is 16.9 Å². The van der Waals surface area contributed by atoms with Gasteiger partial charge in [0, 0.05) is 71.6 Å². The van der Waals surface area contributed by atoms with E-state index >= 15 is 0 Å². The third-order valence-corrected chi connectivity index (χ3v) is 8.33. The lowest BCUT2D eigenvalue weighted by atomic mass is 10.0. The summed E-state index contributed by atoms with van der Waals surface area (Å²) in [7, 11) is -1.88. The van der Waals surface area contributed by atoms with Crippen LogP contribution in [0.4, 0.5) is 8.78 Å². The highest BCUT2D eigenvalue weighted by Crippen LogP contribution is 2.37. The van der Waals surface area contributed by atoms with Gasteiger partial charge in [-0.1, -0.05) is 6.92 Å². The van der Waals surface area contributed by atoms with Crippen molar-refractivity contribution in [2.45, 2.75) is 32.2 Å². The van der Waals surface area contributed by atoms with Crippen LogP contribution in [0, 0.1) is 11.6 Å². The molecule has 4 rings (SSSR count). The van der Waals surface area contributed by atoms with Crippen molar-refractivity contribution in [2.75, 3.05) is 26.0 Å². The first-order chi connectivity index (χ1) is 17.3. The van der Waals surface area contributed by atoms with Crippen molar-refractivity contribution in [3.63, 3.8) is 0 Å². The molecule has 1 aliphatic heterocycles. The fourth-order valence-electron chi connectivity index (χ4n) is 4.41. The number of pyridine rings is 1. The maximum absolute atomic E-state index is 14.3.